The van der Waals surface area contributed by atoms with Gasteiger partial charge in [-0.05, 0) is 24.1 Å². The molecule has 0 fully saturated rings. The van der Waals surface area contributed by atoms with Gasteiger partial charge in [0.1, 0.15) is 5.75 Å². The van der Waals surface area contributed by atoms with Crippen LogP contribution >= 0.6 is 15.9 Å². The molecule has 0 aliphatic heterocycles. The maximum Gasteiger partial charge on any atom is 0.573 e. The van der Waals surface area contributed by atoms with Gasteiger partial charge in [-0.3, -0.25) is 0 Å². The monoisotopic (exact) mass is 562 g/mol. The average molecular weight is 563 g/mol. The zero-order valence-corrected chi connectivity index (χ0v) is 17.6. The number of hydrogen-bond acceptors (Lipinski definition) is 1. The van der Waals surface area contributed by atoms with Crippen molar-refractivity contribution in [2.24, 2.45) is 0 Å². The molecule has 14 heteroatoms. The van der Waals surface area contributed by atoms with Crippen LogP contribution in [0.1, 0.15) is 18.1 Å². The van der Waals surface area contributed by atoms with Crippen molar-refractivity contribution in [3.05, 3.63) is 52.0 Å². The number of ether oxygens (including phenoxy) is 1. The third-order valence-electron chi connectivity index (χ3n) is 4.49. The summed E-state index contributed by atoms with van der Waals surface area (Å²) in [7, 11) is 0. The zero-order chi connectivity index (χ0) is 25.6. The van der Waals surface area contributed by atoms with Crippen molar-refractivity contribution in [1.82, 2.24) is 0 Å². The molecule has 33 heavy (non-hydrogen) atoms. The van der Waals surface area contributed by atoms with Gasteiger partial charge < -0.3 is 4.74 Å². The summed E-state index contributed by atoms with van der Waals surface area (Å²) in [6, 6.07) is 4.15. The van der Waals surface area contributed by atoms with Crippen molar-refractivity contribution in [1.29, 1.82) is 0 Å². The van der Waals surface area contributed by atoms with E-state index in [0.29, 0.717) is 12.1 Å². The van der Waals surface area contributed by atoms with Crippen LogP contribution in [0.2, 0.25) is 0 Å². The predicted octanol–water partition coefficient (Wildman–Crippen LogP) is 8.50. The summed E-state index contributed by atoms with van der Waals surface area (Å²) < 4.78 is 165. The highest BCUT2D eigenvalue weighted by Gasteiger charge is 2.82. The molecule has 1 atom stereocenters. The highest BCUT2D eigenvalue weighted by Crippen LogP contribution is 2.61. The molecule has 2 aromatic rings. The first-order valence-corrected chi connectivity index (χ1v) is 9.45. The molecule has 1 nitrogen and oxygen atoms in total. The fourth-order valence-corrected chi connectivity index (χ4v) is 3.72. The topological polar surface area (TPSA) is 9.23 Å². The lowest BCUT2D eigenvalue weighted by Gasteiger charge is -2.37. The minimum Gasteiger partial charge on any atom is -0.405 e. The van der Waals surface area contributed by atoms with Crippen LogP contribution in [0.5, 0.6) is 5.75 Å². The van der Waals surface area contributed by atoms with Gasteiger partial charge in [0.2, 0.25) is 0 Å². The van der Waals surface area contributed by atoms with Gasteiger partial charge in [-0.2, -0.15) is 35.1 Å². The van der Waals surface area contributed by atoms with E-state index in [9.17, 15) is 48.3 Å². The second-order valence-corrected chi connectivity index (χ2v) is 7.48. The van der Waals surface area contributed by atoms with Gasteiger partial charge in [0.15, 0.2) is 0 Å². The summed E-state index contributed by atoms with van der Waals surface area (Å²) in [6.45, 7) is 1.28. The zero-order valence-electron chi connectivity index (χ0n) is 16.0. The lowest BCUT2D eigenvalue weighted by atomic mass is 9.81. The second-order valence-electron chi connectivity index (χ2n) is 6.63. The molecule has 0 N–H and O–H groups in total. The Morgan fingerprint density at radius 3 is 1.79 bits per heavy atom. The molecule has 0 aliphatic carbocycles. The molecule has 0 bridgehead atoms. The van der Waals surface area contributed by atoms with E-state index in [-0.39, 0.29) is 18.1 Å². The largest absolute Gasteiger partial charge is 0.573 e. The number of halogens is 13. The fourth-order valence-electron chi connectivity index (χ4n) is 2.99. The molecule has 0 amide bonds. The molecule has 0 heterocycles. The summed E-state index contributed by atoms with van der Waals surface area (Å²) in [5, 5.41) is 0. The van der Waals surface area contributed by atoms with E-state index in [2.05, 4.69) is 20.7 Å². The van der Waals surface area contributed by atoms with Gasteiger partial charge in [0.25, 0.3) is 0 Å². The van der Waals surface area contributed by atoms with E-state index in [1.54, 1.807) is 0 Å². The predicted molar refractivity (Wildman–Crippen MR) is 95.5 cm³/mol. The minimum atomic E-state index is -7.02. The SMILES string of the molecule is CCc1cc(Br)c(-c2ccccc2OC(F)(F)F)c(C(F)(C(F)(F)F)C(F)(F)C(F)(F)F)c1. The van der Waals surface area contributed by atoms with Gasteiger partial charge in [0, 0.05) is 21.2 Å². The molecule has 0 aliphatic rings. The van der Waals surface area contributed by atoms with Gasteiger partial charge >= 0.3 is 30.3 Å². The van der Waals surface area contributed by atoms with Crippen LogP contribution in [0, 0.1) is 0 Å². The molecular weight excluding hydrogens is 552 g/mol. The molecule has 0 spiro atoms. The Balaban J connectivity index is 3.07. The molecule has 0 saturated carbocycles. The summed E-state index contributed by atoms with van der Waals surface area (Å²) >= 11 is 2.67. The molecule has 0 radical (unpaired) electrons. The normalized spacial score (nSPS) is 15.3. The van der Waals surface area contributed by atoms with Crippen LogP contribution in [0.3, 0.4) is 0 Å². The average Bonchev–Trinajstić information content (AvgIpc) is 2.64. The number of benzene rings is 2. The van der Waals surface area contributed by atoms with Crippen molar-refractivity contribution in [3.63, 3.8) is 0 Å². The van der Waals surface area contributed by atoms with Crippen LogP contribution in [0.25, 0.3) is 11.1 Å². The van der Waals surface area contributed by atoms with E-state index in [4.69, 9.17) is 0 Å². The summed E-state index contributed by atoms with van der Waals surface area (Å²) in [5.74, 6) is -8.27. The van der Waals surface area contributed by atoms with Crippen molar-refractivity contribution in [3.8, 4) is 16.9 Å². The Kier molecular flexibility index (Phi) is 7.06. The van der Waals surface area contributed by atoms with Gasteiger partial charge in [-0.15, -0.1) is 13.2 Å². The molecular formula is C19H11BrF12O. The number of aryl methyl sites for hydroxylation is 1. The molecule has 2 aromatic carbocycles. The quantitative estimate of drug-likeness (QED) is 0.332. The Hall–Kier alpha value is -2.12. The first-order chi connectivity index (χ1) is 14.8. The van der Waals surface area contributed by atoms with Crippen LogP contribution in [0.4, 0.5) is 52.7 Å². The van der Waals surface area contributed by atoms with E-state index in [1.807, 2.05) is 0 Å². The van der Waals surface area contributed by atoms with Gasteiger partial charge in [-0.25, -0.2) is 4.39 Å². The smallest absolute Gasteiger partial charge is 0.405 e. The lowest BCUT2D eigenvalue weighted by Crippen LogP contribution is -2.60. The van der Waals surface area contributed by atoms with Crippen LogP contribution in [-0.4, -0.2) is 24.6 Å². The third-order valence-corrected chi connectivity index (χ3v) is 5.12. The van der Waals surface area contributed by atoms with Crippen LogP contribution in [-0.2, 0) is 12.1 Å². The van der Waals surface area contributed by atoms with E-state index in [1.165, 1.54) is 6.92 Å². The first-order valence-electron chi connectivity index (χ1n) is 8.66. The van der Waals surface area contributed by atoms with Gasteiger partial charge in [-0.1, -0.05) is 47.1 Å². The number of rotatable bonds is 5. The minimum absolute atomic E-state index is 0.109. The highest BCUT2D eigenvalue weighted by molar-refractivity contribution is 9.10. The maximum absolute atomic E-state index is 15.3. The Labute approximate surface area is 186 Å². The Morgan fingerprint density at radius 1 is 0.788 bits per heavy atom. The molecule has 2 rings (SSSR count). The number of para-hydroxylation sites is 1. The Morgan fingerprint density at radius 2 is 1.33 bits per heavy atom. The number of hydrogen-bond donors (Lipinski definition) is 0. The summed E-state index contributed by atoms with van der Waals surface area (Å²) in [4.78, 5) is 0. The molecule has 184 valence electrons. The summed E-state index contributed by atoms with van der Waals surface area (Å²) in [5.41, 5.74) is -11.2. The van der Waals surface area contributed by atoms with Crippen LogP contribution < -0.4 is 4.74 Å². The van der Waals surface area contributed by atoms with E-state index >= 15 is 4.39 Å². The first kappa shape index (κ1) is 27.1. The molecule has 0 saturated heterocycles. The second kappa shape index (κ2) is 8.58. The van der Waals surface area contributed by atoms with E-state index in [0.717, 1.165) is 18.2 Å². The Bertz CT molecular complexity index is 1010. The highest BCUT2D eigenvalue weighted by atomic mass is 79.9. The van der Waals surface area contributed by atoms with Crippen LogP contribution in [0.15, 0.2) is 40.9 Å². The van der Waals surface area contributed by atoms with E-state index < -0.39 is 57.2 Å². The summed E-state index contributed by atoms with van der Waals surface area (Å²) in [6.07, 6.45) is -19.5. The number of alkyl halides is 12. The van der Waals surface area contributed by atoms with Gasteiger partial charge in [0.05, 0.1) is 0 Å². The standard InChI is InChI=1S/C19H11BrF12O/c1-2-9-7-11(15(21,17(24,25)26)16(22,23)18(27,28)29)14(12(20)8-9)10-5-3-4-6-13(10)33-19(30,31)32/h3-8H,2H2,1H3. The van der Waals surface area contributed by atoms with Crippen molar-refractivity contribution >= 4 is 15.9 Å². The van der Waals surface area contributed by atoms with Crippen molar-refractivity contribution in [2.45, 2.75) is 43.7 Å². The molecule has 0 aromatic heterocycles. The maximum atomic E-state index is 15.3. The van der Waals surface area contributed by atoms with Crippen molar-refractivity contribution < 1.29 is 57.4 Å². The lowest BCUT2D eigenvalue weighted by molar-refractivity contribution is -0.389. The fraction of sp³-hybridized carbons (Fsp3) is 0.368. The third kappa shape index (κ3) is 4.90. The molecule has 1 unspecified atom stereocenters. The van der Waals surface area contributed by atoms with Crippen molar-refractivity contribution in [2.75, 3.05) is 0 Å².